The summed E-state index contributed by atoms with van der Waals surface area (Å²) < 4.78 is 12.9. The molecule has 0 spiro atoms. The zero-order valence-corrected chi connectivity index (χ0v) is 7.63. The van der Waals surface area contributed by atoms with Crippen LogP contribution in [-0.2, 0) is 0 Å². The molecule has 0 aromatic heterocycles. The van der Waals surface area contributed by atoms with E-state index in [4.69, 9.17) is 5.73 Å². The van der Waals surface area contributed by atoms with Gasteiger partial charge in [0, 0.05) is 11.6 Å². The molecule has 1 aromatic rings. The van der Waals surface area contributed by atoms with Crippen LogP contribution in [0.4, 0.5) is 4.39 Å². The molecule has 72 valence electrons. The van der Waals surface area contributed by atoms with E-state index in [1.807, 2.05) is 6.92 Å². The van der Waals surface area contributed by atoms with Crippen LogP contribution in [0.15, 0.2) is 18.2 Å². The standard InChI is InChI=1S/C10H14FNO/c1-2-4-9(12)7-5-3-6-8(11)10(7)13/h3,5-6,9,13H,2,4,12H2,1H3/t9-/m0/s1. The third-order valence-electron chi connectivity index (χ3n) is 2.02. The van der Waals surface area contributed by atoms with E-state index in [2.05, 4.69) is 0 Å². The number of hydrogen-bond donors (Lipinski definition) is 2. The molecule has 3 heteroatoms. The smallest absolute Gasteiger partial charge is 0.165 e. The van der Waals surface area contributed by atoms with E-state index in [0.29, 0.717) is 5.56 Å². The van der Waals surface area contributed by atoms with Gasteiger partial charge < -0.3 is 10.8 Å². The molecule has 1 atom stereocenters. The Labute approximate surface area is 77.2 Å². The van der Waals surface area contributed by atoms with E-state index in [1.165, 1.54) is 6.07 Å². The molecule has 0 fully saturated rings. The van der Waals surface area contributed by atoms with Crippen LogP contribution >= 0.6 is 0 Å². The van der Waals surface area contributed by atoms with E-state index in [9.17, 15) is 9.50 Å². The van der Waals surface area contributed by atoms with Gasteiger partial charge in [-0.15, -0.1) is 0 Å². The summed E-state index contributed by atoms with van der Waals surface area (Å²) in [5, 5.41) is 9.34. The molecule has 0 radical (unpaired) electrons. The minimum atomic E-state index is -0.607. The fraction of sp³-hybridized carbons (Fsp3) is 0.400. The van der Waals surface area contributed by atoms with Crippen molar-refractivity contribution in [2.24, 2.45) is 5.73 Å². The minimum absolute atomic E-state index is 0.277. The van der Waals surface area contributed by atoms with Crippen LogP contribution in [-0.4, -0.2) is 5.11 Å². The zero-order chi connectivity index (χ0) is 9.84. The summed E-state index contributed by atoms with van der Waals surface area (Å²) in [6.07, 6.45) is 1.66. The quantitative estimate of drug-likeness (QED) is 0.755. The first-order valence-electron chi connectivity index (χ1n) is 4.39. The first kappa shape index (κ1) is 9.99. The number of nitrogens with two attached hydrogens (primary N) is 1. The van der Waals surface area contributed by atoms with Crippen molar-refractivity contribution in [2.75, 3.05) is 0 Å². The van der Waals surface area contributed by atoms with Crippen molar-refractivity contribution in [3.63, 3.8) is 0 Å². The van der Waals surface area contributed by atoms with Gasteiger partial charge in [-0.3, -0.25) is 0 Å². The average Bonchev–Trinajstić information content (AvgIpc) is 2.10. The topological polar surface area (TPSA) is 46.2 Å². The highest BCUT2D eigenvalue weighted by molar-refractivity contribution is 5.35. The molecule has 0 aliphatic rings. The number of phenols is 1. The molecule has 13 heavy (non-hydrogen) atoms. The maximum absolute atomic E-state index is 12.9. The largest absolute Gasteiger partial charge is 0.505 e. The lowest BCUT2D eigenvalue weighted by Gasteiger charge is -2.12. The van der Waals surface area contributed by atoms with Gasteiger partial charge in [-0.2, -0.15) is 0 Å². The Hall–Kier alpha value is -1.09. The summed E-state index contributed by atoms with van der Waals surface area (Å²) in [5.74, 6) is -0.924. The second-order valence-electron chi connectivity index (χ2n) is 3.07. The van der Waals surface area contributed by atoms with Crippen molar-refractivity contribution in [1.82, 2.24) is 0 Å². The number of phenolic OH excluding ortho intramolecular Hbond substituents is 1. The van der Waals surface area contributed by atoms with Gasteiger partial charge in [0.2, 0.25) is 0 Å². The molecule has 1 rings (SSSR count). The van der Waals surface area contributed by atoms with Crippen molar-refractivity contribution < 1.29 is 9.50 Å². The molecule has 0 aliphatic carbocycles. The molecule has 0 unspecified atom stereocenters. The predicted octanol–water partition coefficient (Wildman–Crippen LogP) is 2.33. The lowest BCUT2D eigenvalue weighted by Crippen LogP contribution is -2.10. The predicted molar refractivity (Wildman–Crippen MR) is 49.9 cm³/mol. The van der Waals surface area contributed by atoms with E-state index in [-0.39, 0.29) is 11.8 Å². The molecule has 0 aliphatic heterocycles. The van der Waals surface area contributed by atoms with Crippen LogP contribution in [0.5, 0.6) is 5.75 Å². The Kier molecular flexibility index (Phi) is 3.25. The summed E-state index contributed by atoms with van der Waals surface area (Å²) in [7, 11) is 0. The fourth-order valence-electron chi connectivity index (χ4n) is 1.30. The summed E-state index contributed by atoms with van der Waals surface area (Å²) in [4.78, 5) is 0. The minimum Gasteiger partial charge on any atom is -0.505 e. The van der Waals surface area contributed by atoms with Crippen molar-refractivity contribution in [3.05, 3.63) is 29.6 Å². The fourth-order valence-corrected chi connectivity index (χ4v) is 1.30. The lowest BCUT2D eigenvalue weighted by atomic mass is 10.0. The van der Waals surface area contributed by atoms with E-state index in [0.717, 1.165) is 12.8 Å². The first-order valence-corrected chi connectivity index (χ1v) is 4.39. The molecule has 0 bridgehead atoms. The van der Waals surface area contributed by atoms with Crippen molar-refractivity contribution in [1.29, 1.82) is 0 Å². The summed E-state index contributed by atoms with van der Waals surface area (Å²) in [5.41, 5.74) is 6.24. The number of halogens is 1. The molecular weight excluding hydrogens is 169 g/mol. The van der Waals surface area contributed by atoms with Crippen molar-refractivity contribution in [3.8, 4) is 5.75 Å². The summed E-state index contributed by atoms with van der Waals surface area (Å²) in [6.45, 7) is 2.00. The second kappa shape index (κ2) is 4.23. The van der Waals surface area contributed by atoms with Gasteiger partial charge in [-0.25, -0.2) is 4.39 Å². The number of rotatable bonds is 3. The number of benzene rings is 1. The second-order valence-corrected chi connectivity index (χ2v) is 3.07. The van der Waals surface area contributed by atoms with Gasteiger partial charge in [-0.1, -0.05) is 25.5 Å². The molecule has 3 N–H and O–H groups in total. The highest BCUT2D eigenvalue weighted by Crippen LogP contribution is 2.27. The monoisotopic (exact) mass is 183 g/mol. The maximum atomic E-state index is 12.9. The van der Waals surface area contributed by atoms with Crippen LogP contribution in [0.1, 0.15) is 31.4 Å². The van der Waals surface area contributed by atoms with Crippen LogP contribution in [0.2, 0.25) is 0 Å². The normalized spacial score (nSPS) is 12.8. The summed E-state index contributed by atoms with van der Waals surface area (Å²) >= 11 is 0. The van der Waals surface area contributed by atoms with E-state index >= 15 is 0 Å². The molecular formula is C10H14FNO. The van der Waals surface area contributed by atoms with Gasteiger partial charge in [0.15, 0.2) is 11.6 Å². The SMILES string of the molecule is CCC[C@H](N)c1cccc(F)c1O. The Morgan fingerprint density at radius 3 is 2.85 bits per heavy atom. The van der Waals surface area contributed by atoms with Crippen LogP contribution in [0, 0.1) is 5.82 Å². The van der Waals surface area contributed by atoms with Crippen molar-refractivity contribution >= 4 is 0 Å². The van der Waals surface area contributed by atoms with Crippen LogP contribution in [0.3, 0.4) is 0 Å². The van der Waals surface area contributed by atoms with Gasteiger partial charge >= 0.3 is 0 Å². The average molecular weight is 183 g/mol. The van der Waals surface area contributed by atoms with Crippen molar-refractivity contribution in [2.45, 2.75) is 25.8 Å². The highest BCUT2D eigenvalue weighted by Gasteiger charge is 2.12. The third-order valence-corrected chi connectivity index (χ3v) is 2.02. The Morgan fingerprint density at radius 1 is 1.54 bits per heavy atom. The maximum Gasteiger partial charge on any atom is 0.165 e. The molecule has 0 saturated carbocycles. The van der Waals surface area contributed by atoms with E-state index in [1.54, 1.807) is 12.1 Å². The zero-order valence-electron chi connectivity index (χ0n) is 7.63. The highest BCUT2D eigenvalue weighted by atomic mass is 19.1. The Balaban J connectivity index is 2.93. The van der Waals surface area contributed by atoms with E-state index < -0.39 is 5.82 Å². The van der Waals surface area contributed by atoms with Crippen LogP contribution < -0.4 is 5.73 Å². The Bertz CT molecular complexity index is 288. The Morgan fingerprint density at radius 2 is 2.23 bits per heavy atom. The molecule has 0 amide bonds. The summed E-state index contributed by atoms with van der Waals surface area (Å²) in [6, 6.07) is 4.15. The molecule has 1 aromatic carbocycles. The van der Waals surface area contributed by atoms with Gasteiger partial charge in [0.1, 0.15) is 0 Å². The first-order chi connectivity index (χ1) is 6.16. The molecule has 0 heterocycles. The number of para-hydroxylation sites is 1. The lowest BCUT2D eigenvalue weighted by molar-refractivity contribution is 0.418. The number of aromatic hydroxyl groups is 1. The third kappa shape index (κ3) is 2.18. The molecule has 0 saturated heterocycles. The molecule has 2 nitrogen and oxygen atoms in total. The van der Waals surface area contributed by atoms with Gasteiger partial charge in [0.25, 0.3) is 0 Å². The van der Waals surface area contributed by atoms with Gasteiger partial charge in [-0.05, 0) is 12.5 Å². The number of hydrogen-bond acceptors (Lipinski definition) is 2. The van der Waals surface area contributed by atoms with Gasteiger partial charge in [0.05, 0.1) is 0 Å². The van der Waals surface area contributed by atoms with Crippen LogP contribution in [0.25, 0.3) is 0 Å².